The largest absolute Gasteiger partial charge is 0.463 e. The van der Waals surface area contributed by atoms with Crippen LogP contribution < -0.4 is 4.90 Å². The van der Waals surface area contributed by atoms with Crippen LogP contribution in [0, 0.1) is 0 Å². The van der Waals surface area contributed by atoms with E-state index in [1.807, 2.05) is 37.3 Å². The number of hydrogen-bond donors (Lipinski definition) is 0. The average molecular weight is 289 g/mol. The molecule has 0 aliphatic carbocycles. The molecule has 4 nitrogen and oxygen atoms in total. The molecular weight excluding hydrogens is 266 g/mol. The molecular formula is C17H23NO3. The van der Waals surface area contributed by atoms with E-state index in [0.29, 0.717) is 19.4 Å². The van der Waals surface area contributed by atoms with E-state index in [0.717, 1.165) is 17.7 Å². The molecule has 0 saturated carbocycles. The van der Waals surface area contributed by atoms with Gasteiger partial charge >= 0.3 is 5.97 Å². The predicted octanol–water partition coefficient (Wildman–Crippen LogP) is 3.33. The first kappa shape index (κ1) is 17.0. The Hall–Kier alpha value is -2.10. The van der Waals surface area contributed by atoms with E-state index in [9.17, 15) is 9.59 Å². The number of amides is 1. The van der Waals surface area contributed by atoms with Crippen LogP contribution in [0.15, 0.2) is 42.0 Å². The molecule has 0 heterocycles. The van der Waals surface area contributed by atoms with Crippen LogP contribution in [0.3, 0.4) is 0 Å². The lowest BCUT2D eigenvalue weighted by molar-refractivity contribution is -0.137. The van der Waals surface area contributed by atoms with Crippen LogP contribution in [-0.2, 0) is 14.3 Å². The molecule has 0 radical (unpaired) electrons. The summed E-state index contributed by atoms with van der Waals surface area (Å²) in [4.78, 5) is 25.0. The Morgan fingerprint density at radius 3 is 2.48 bits per heavy atom. The second kappa shape index (κ2) is 8.95. The number of para-hydroxylation sites is 1. The normalized spacial score (nSPS) is 11.1. The van der Waals surface area contributed by atoms with E-state index in [1.54, 1.807) is 18.9 Å². The third-order valence-electron chi connectivity index (χ3n) is 3.13. The maximum atomic E-state index is 12.1. The van der Waals surface area contributed by atoms with Crippen molar-refractivity contribution in [3.8, 4) is 0 Å². The number of hydrogen-bond acceptors (Lipinski definition) is 3. The number of esters is 1. The summed E-state index contributed by atoms with van der Waals surface area (Å²) in [6.07, 6.45) is 3.39. The van der Waals surface area contributed by atoms with Gasteiger partial charge in [0.15, 0.2) is 0 Å². The summed E-state index contributed by atoms with van der Waals surface area (Å²) in [6, 6.07) is 9.55. The summed E-state index contributed by atoms with van der Waals surface area (Å²) >= 11 is 0. The van der Waals surface area contributed by atoms with Crippen LogP contribution in [0.1, 0.15) is 33.1 Å². The molecule has 1 amide bonds. The quantitative estimate of drug-likeness (QED) is 0.571. The van der Waals surface area contributed by atoms with Gasteiger partial charge in [-0.3, -0.25) is 4.79 Å². The standard InChI is InChI=1S/C17H23NO3/c1-4-21-17(20)13-14(2)9-8-12-16(19)18(3)15-10-6-5-7-11-15/h5-7,10-11,13H,4,8-9,12H2,1-3H3/b14-13+. The minimum Gasteiger partial charge on any atom is -0.463 e. The maximum absolute atomic E-state index is 12.1. The number of carbonyl (C=O) groups excluding carboxylic acids is 2. The fourth-order valence-corrected chi connectivity index (χ4v) is 1.94. The van der Waals surface area contributed by atoms with Crippen LogP contribution >= 0.6 is 0 Å². The highest BCUT2D eigenvalue weighted by Gasteiger charge is 2.10. The van der Waals surface area contributed by atoms with Gasteiger partial charge in [0.25, 0.3) is 0 Å². The average Bonchev–Trinajstić information content (AvgIpc) is 2.47. The van der Waals surface area contributed by atoms with Gasteiger partial charge in [0, 0.05) is 25.2 Å². The van der Waals surface area contributed by atoms with E-state index < -0.39 is 0 Å². The highest BCUT2D eigenvalue weighted by Crippen LogP contribution is 2.14. The monoisotopic (exact) mass is 289 g/mol. The van der Waals surface area contributed by atoms with Gasteiger partial charge in [-0.2, -0.15) is 0 Å². The predicted molar refractivity (Wildman–Crippen MR) is 84.1 cm³/mol. The van der Waals surface area contributed by atoms with Crippen molar-refractivity contribution in [3.63, 3.8) is 0 Å². The summed E-state index contributed by atoms with van der Waals surface area (Å²) in [5, 5.41) is 0. The van der Waals surface area contributed by atoms with Crippen molar-refractivity contribution in [1.29, 1.82) is 0 Å². The Kier molecular flexibility index (Phi) is 7.23. The van der Waals surface area contributed by atoms with Crippen molar-refractivity contribution in [2.75, 3.05) is 18.6 Å². The fourth-order valence-electron chi connectivity index (χ4n) is 1.94. The van der Waals surface area contributed by atoms with Crippen molar-refractivity contribution < 1.29 is 14.3 Å². The molecule has 0 unspecified atom stereocenters. The molecule has 0 atom stereocenters. The lowest BCUT2D eigenvalue weighted by atomic mass is 10.1. The maximum Gasteiger partial charge on any atom is 0.330 e. The molecule has 0 aromatic heterocycles. The molecule has 0 aliphatic rings. The van der Waals surface area contributed by atoms with Gasteiger partial charge in [0.1, 0.15) is 0 Å². The minimum atomic E-state index is -0.317. The molecule has 0 fully saturated rings. The highest BCUT2D eigenvalue weighted by molar-refractivity contribution is 5.92. The molecule has 21 heavy (non-hydrogen) atoms. The van der Waals surface area contributed by atoms with Gasteiger partial charge in [-0.25, -0.2) is 4.79 Å². The third kappa shape index (κ3) is 6.25. The topological polar surface area (TPSA) is 46.6 Å². The van der Waals surface area contributed by atoms with Crippen molar-refractivity contribution >= 4 is 17.6 Å². The van der Waals surface area contributed by atoms with E-state index >= 15 is 0 Å². The molecule has 0 aliphatic heterocycles. The van der Waals surface area contributed by atoms with Crippen LogP contribution in [0.5, 0.6) is 0 Å². The Bertz CT molecular complexity index is 494. The highest BCUT2D eigenvalue weighted by atomic mass is 16.5. The van der Waals surface area contributed by atoms with Crippen molar-refractivity contribution in [2.24, 2.45) is 0 Å². The first-order valence-electron chi connectivity index (χ1n) is 7.20. The molecule has 1 aromatic rings. The second-order valence-corrected chi connectivity index (χ2v) is 4.88. The van der Waals surface area contributed by atoms with E-state index in [1.165, 1.54) is 6.08 Å². The fraction of sp³-hybridized carbons (Fsp3) is 0.412. The van der Waals surface area contributed by atoms with Crippen LogP contribution in [0.4, 0.5) is 5.69 Å². The van der Waals surface area contributed by atoms with Crippen LogP contribution in [-0.4, -0.2) is 25.5 Å². The van der Waals surface area contributed by atoms with Crippen molar-refractivity contribution in [2.45, 2.75) is 33.1 Å². The number of nitrogens with zero attached hydrogens (tertiary/aromatic N) is 1. The van der Waals surface area contributed by atoms with Gasteiger partial charge in [-0.1, -0.05) is 23.8 Å². The number of anilines is 1. The minimum absolute atomic E-state index is 0.0742. The third-order valence-corrected chi connectivity index (χ3v) is 3.13. The summed E-state index contributed by atoms with van der Waals surface area (Å²) in [6.45, 7) is 4.03. The van der Waals surface area contributed by atoms with Crippen LogP contribution in [0.2, 0.25) is 0 Å². The molecule has 1 rings (SSSR count). The van der Waals surface area contributed by atoms with E-state index in [2.05, 4.69) is 0 Å². The van der Waals surface area contributed by atoms with Gasteiger partial charge in [0.05, 0.1) is 6.61 Å². The zero-order chi connectivity index (χ0) is 15.7. The molecule has 1 aromatic carbocycles. The Labute approximate surface area is 126 Å². The van der Waals surface area contributed by atoms with Gasteiger partial charge < -0.3 is 9.64 Å². The zero-order valence-corrected chi connectivity index (χ0v) is 13.0. The number of benzene rings is 1. The molecule has 4 heteroatoms. The lowest BCUT2D eigenvalue weighted by Crippen LogP contribution is -2.25. The summed E-state index contributed by atoms with van der Waals surface area (Å²) in [7, 11) is 1.78. The number of carbonyl (C=O) groups is 2. The van der Waals surface area contributed by atoms with Crippen molar-refractivity contribution in [1.82, 2.24) is 0 Å². The first-order valence-corrected chi connectivity index (χ1v) is 7.20. The number of ether oxygens (including phenoxy) is 1. The molecule has 0 spiro atoms. The van der Waals surface area contributed by atoms with E-state index in [-0.39, 0.29) is 11.9 Å². The van der Waals surface area contributed by atoms with Gasteiger partial charge in [-0.15, -0.1) is 0 Å². The molecule has 0 saturated heterocycles. The number of rotatable bonds is 7. The smallest absolute Gasteiger partial charge is 0.330 e. The molecule has 0 bridgehead atoms. The van der Waals surface area contributed by atoms with Crippen LogP contribution in [0.25, 0.3) is 0 Å². The SMILES string of the molecule is CCOC(=O)/C=C(\C)CCCC(=O)N(C)c1ccccc1. The zero-order valence-electron chi connectivity index (χ0n) is 13.0. The number of allylic oxidation sites excluding steroid dienone is 1. The Morgan fingerprint density at radius 1 is 1.19 bits per heavy atom. The van der Waals surface area contributed by atoms with Gasteiger partial charge in [0.2, 0.25) is 5.91 Å². The summed E-state index contributed by atoms with van der Waals surface area (Å²) in [5.74, 6) is -0.243. The van der Waals surface area contributed by atoms with E-state index in [4.69, 9.17) is 4.74 Å². The Morgan fingerprint density at radius 2 is 1.86 bits per heavy atom. The lowest BCUT2D eigenvalue weighted by Gasteiger charge is -2.17. The van der Waals surface area contributed by atoms with Crippen molar-refractivity contribution in [3.05, 3.63) is 42.0 Å². The Balaban J connectivity index is 2.38. The summed E-state index contributed by atoms with van der Waals surface area (Å²) < 4.78 is 4.85. The molecule has 0 N–H and O–H groups in total. The first-order chi connectivity index (χ1) is 10.0. The molecule has 114 valence electrons. The van der Waals surface area contributed by atoms with Gasteiger partial charge in [-0.05, 0) is 38.8 Å². The summed E-state index contributed by atoms with van der Waals surface area (Å²) in [5.41, 5.74) is 1.82. The second-order valence-electron chi connectivity index (χ2n) is 4.88.